The zero-order valence-corrected chi connectivity index (χ0v) is 15.5. The molecule has 7 nitrogen and oxygen atoms in total. The van der Waals surface area contributed by atoms with Gasteiger partial charge in [0.2, 0.25) is 0 Å². The molecule has 2 aromatic carbocycles. The molecule has 27 heavy (non-hydrogen) atoms. The standard InChI is InChI=1S/C19H17ClN4O3/c1-12-18(24(26)27)13(2)23(22-12)11-14-3-5-15(6-4-14)19(25)21-17-9-7-16(20)8-10-17/h3-10H,11H2,1-2H3,(H,21,25). The first-order valence-corrected chi connectivity index (χ1v) is 8.57. The number of aromatic nitrogens is 2. The molecule has 0 aliphatic carbocycles. The van der Waals surface area contributed by atoms with Crippen LogP contribution in [0.15, 0.2) is 48.5 Å². The molecule has 1 N–H and O–H groups in total. The number of benzene rings is 2. The van der Waals surface area contributed by atoms with Crippen molar-refractivity contribution in [2.45, 2.75) is 20.4 Å². The molecule has 1 heterocycles. The number of carbonyl (C=O) groups excluding carboxylic acids is 1. The molecule has 0 unspecified atom stereocenters. The van der Waals surface area contributed by atoms with E-state index in [1.807, 2.05) is 0 Å². The maximum atomic E-state index is 12.3. The van der Waals surface area contributed by atoms with E-state index < -0.39 is 4.92 Å². The number of aryl methyl sites for hydroxylation is 1. The Morgan fingerprint density at radius 3 is 2.33 bits per heavy atom. The van der Waals surface area contributed by atoms with Gasteiger partial charge in [0.05, 0.1) is 11.5 Å². The van der Waals surface area contributed by atoms with Crippen LogP contribution in [0, 0.1) is 24.0 Å². The van der Waals surface area contributed by atoms with E-state index in [1.165, 1.54) is 0 Å². The smallest absolute Gasteiger partial charge is 0.312 e. The Kier molecular flexibility index (Phi) is 5.23. The van der Waals surface area contributed by atoms with Crippen molar-refractivity contribution < 1.29 is 9.72 Å². The van der Waals surface area contributed by atoms with Crippen molar-refractivity contribution in [2.24, 2.45) is 0 Å². The number of nitrogens with one attached hydrogen (secondary N) is 1. The van der Waals surface area contributed by atoms with Crippen molar-refractivity contribution in [3.63, 3.8) is 0 Å². The molecule has 0 saturated heterocycles. The quantitative estimate of drug-likeness (QED) is 0.522. The fraction of sp³-hybridized carbons (Fsp3) is 0.158. The molecule has 0 radical (unpaired) electrons. The van der Waals surface area contributed by atoms with E-state index in [-0.39, 0.29) is 11.6 Å². The zero-order chi connectivity index (χ0) is 19.6. The second-order valence-corrected chi connectivity index (χ2v) is 6.53. The van der Waals surface area contributed by atoms with Crippen molar-refractivity contribution in [2.75, 3.05) is 5.32 Å². The number of hydrogen-bond acceptors (Lipinski definition) is 4. The molecule has 1 amide bonds. The summed E-state index contributed by atoms with van der Waals surface area (Å²) in [5.41, 5.74) is 2.97. The second kappa shape index (κ2) is 7.59. The minimum absolute atomic E-state index is 0.0361. The van der Waals surface area contributed by atoms with Crippen LogP contribution in [-0.4, -0.2) is 20.6 Å². The third-order valence-electron chi connectivity index (χ3n) is 4.18. The summed E-state index contributed by atoms with van der Waals surface area (Å²) in [5, 5.41) is 18.7. The number of hydrogen-bond donors (Lipinski definition) is 1. The van der Waals surface area contributed by atoms with Gasteiger partial charge in [-0.05, 0) is 55.8 Å². The number of nitro groups is 1. The molecule has 0 saturated carbocycles. The SMILES string of the molecule is Cc1nn(Cc2ccc(C(=O)Nc3ccc(Cl)cc3)cc2)c(C)c1[N+](=O)[O-]. The Labute approximate surface area is 160 Å². The second-order valence-electron chi connectivity index (χ2n) is 6.09. The Morgan fingerprint density at radius 1 is 1.15 bits per heavy atom. The van der Waals surface area contributed by atoms with Crippen molar-refractivity contribution in [3.05, 3.63) is 86.2 Å². The van der Waals surface area contributed by atoms with Gasteiger partial charge in [-0.2, -0.15) is 5.10 Å². The Balaban J connectivity index is 1.72. The third kappa shape index (κ3) is 4.15. The predicted molar refractivity (Wildman–Crippen MR) is 103 cm³/mol. The normalized spacial score (nSPS) is 10.6. The van der Waals surface area contributed by atoms with E-state index in [9.17, 15) is 14.9 Å². The predicted octanol–water partition coefficient (Wildman–Crippen LogP) is 4.36. The maximum Gasteiger partial charge on any atom is 0.312 e. The molecule has 0 aliphatic rings. The van der Waals surface area contributed by atoms with Gasteiger partial charge in [-0.1, -0.05) is 23.7 Å². The van der Waals surface area contributed by atoms with Crippen molar-refractivity contribution in [1.82, 2.24) is 9.78 Å². The van der Waals surface area contributed by atoms with E-state index in [4.69, 9.17) is 11.6 Å². The highest BCUT2D eigenvalue weighted by atomic mass is 35.5. The Bertz CT molecular complexity index is 995. The Morgan fingerprint density at radius 2 is 1.78 bits per heavy atom. The highest BCUT2D eigenvalue weighted by Gasteiger charge is 2.21. The van der Waals surface area contributed by atoms with Gasteiger partial charge >= 0.3 is 5.69 Å². The molecule has 8 heteroatoms. The van der Waals surface area contributed by atoms with Crippen LogP contribution in [0.25, 0.3) is 0 Å². The van der Waals surface area contributed by atoms with Crippen LogP contribution in [-0.2, 0) is 6.54 Å². The summed E-state index contributed by atoms with van der Waals surface area (Å²) in [6.07, 6.45) is 0. The minimum atomic E-state index is -0.418. The number of anilines is 1. The molecule has 0 aliphatic heterocycles. The van der Waals surface area contributed by atoms with Crippen molar-refractivity contribution in [3.8, 4) is 0 Å². The number of rotatable bonds is 5. The van der Waals surface area contributed by atoms with Gasteiger partial charge in [0, 0.05) is 16.3 Å². The number of nitrogens with zero attached hydrogens (tertiary/aromatic N) is 3. The molecule has 3 aromatic rings. The van der Waals surface area contributed by atoms with Crippen molar-refractivity contribution >= 4 is 28.9 Å². The lowest BCUT2D eigenvalue weighted by molar-refractivity contribution is -0.386. The number of carbonyl (C=O) groups is 1. The number of halogens is 1. The molecule has 0 spiro atoms. The lowest BCUT2D eigenvalue weighted by Gasteiger charge is -2.07. The molecule has 3 rings (SSSR count). The van der Waals surface area contributed by atoms with Crippen LogP contribution < -0.4 is 5.32 Å². The average Bonchev–Trinajstić information content (AvgIpc) is 2.91. The first-order valence-electron chi connectivity index (χ1n) is 8.19. The van der Waals surface area contributed by atoms with Crippen LogP contribution in [0.2, 0.25) is 5.02 Å². The fourth-order valence-electron chi connectivity index (χ4n) is 2.78. The van der Waals surface area contributed by atoms with Gasteiger partial charge in [0.1, 0.15) is 11.4 Å². The minimum Gasteiger partial charge on any atom is -0.322 e. The van der Waals surface area contributed by atoms with E-state index in [1.54, 1.807) is 67.1 Å². The highest BCUT2D eigenvalue weighted by Crippen LogP contribution is 2.22. The lowest BCUT2D eigenvalue weighted by Crippen LogP contribution is -2.12. The van der Waals surface area contributed by atoms with Crippen LogP contribution >= 0.6 is 11.6 Å². The molecule has 138 valence electrons. The largest absolute Gasteiger partial charge is 0.322 e. The van der Waals surface area contributed by atoms with Gasteiger partial charge in [-0.25, -0.2) is 0 Å². The van der Waals surface area contributed by atoms with Crippen molar-refractivity contribution in [1.29, 1.82) is 0 Å². The number of amides is 1. The van der Waals surface area contributed by atoms with Gasteiger partial charge in [0.15, 0.2) is 0 Å². The Hall–Kier alpha value is -3.19. The summed E-state index contributed by atoms with van der Waals surface area (Å²) >= 11 is 5.83. The van der Waals surface area contributed by atoms with E-state index in [2.05, 4.69) is 10.4 Å². The first kappa shape index (κ1) is 18.6. The topological polar surface area (TPSA) is 90.1 Å². The summed E-state index contributed by atoms with van der Waals surface area (Å²) in [4.78, 5) is 23.0. The van der Waals surface area contributed by atoms with Crippen LogP contribution in [0.1, 0.15) is 27.3 Å². The summed E-state index contributed by atoms with van der Waals surface area (Å²) in [5.74, 6) is -0.231. The third-order valence-corrected chi connectivity index (χ3v) is 4.43. The molecule has 0 atom stereocenters. The molecular formula is C19H17ClN4O3. The van der Waals surface area contributed by atoms with Crippen LogP contribution in [0.3, 0.4) is 0 Å². The van der Waals surface area contributed by atoms with Gasteiger partial charge < -0.3 is 5.32 Å². The molecule has 1 aromatic heterocycles. The van der Waals surface area contributed by atoms with E-state index >= 15 is 0 Å². The van der Waals surface area contributed by atoms with Crippen LogP contribution in [0.4, 0.5) is 11.4 Å². The molecule has 0 bridgehead atoms. The van der Waals surface area contributed by atoms with E-state index in [0.29, 0.717) is 34.2 Å². The zero-order valence-electron chi connectivity index (χ0n) is 14.8. The van der Waals surface area contributed by atoms with Gasteiger partial charge in [-0.15, -0.1) is 0 Å². The summed E-state index contributed by atoms with van der Waals surface area (Å²) in [6, 6.07) is 13.9. The lowest BCUT2D eigenvalue weighted by atomic mass is 10.1. The maximum absolute atomic E-state index is 12.3. The van der Waals surface area contributed by atoms with Gasteiger partial charge in [0.25, 0.3) is 5.91 Å². The summed E-state index contributed by atoms with van der Waals surface area (Å²) < 4.78 is 1.59. The van der Waals surface area contributed by atoms with Gasteiger partial charge in [-0.3, -0.25) is 19.6 Å². The summed E-state index contributed by atoms with van der Waals surface area (Å²) in [6.45, 7) is 3.68. The molecule has 0 fully saturated rings. The monoisotopic (exact) mass is 384 g/mol. The fourth-order valence-corrected chi connectivity index (χ4v) is 2.90. The summed E-state index contributed by atoms with van der Waals surface area (Å²) in [7, 11) is 0. The molecular weight excluding hydrogens is 368 g/mol. The van der Waals surface area contributed by atoms with Crippen LogP contribution in [0.5, 0.6) is 0 Å². The average molecular weight is 385 g/mol. The highest BCUT2D eigenvalue weighted by molar-refractivity contribution is 6.30. The first-order chi connectivity index (χ1) is 12.8. The van der Waals surface area contributed by atoms with E-state index in [0.717, 1.165) is 5.56 Å².